The smallest absolute Gasteiger partial charge is 0.234 e. The van der Waals surface area contributed by atoms with E-state index in [1.54, 1.807) is 0 Å². The monoisotopic (exact) mass is 481 g/mol. The van der Waals surface area contributed by atoms with Crippen LogP contribution < -0.4 is 5.32 Å². The van der Waals surface area contributed by atoms with Crippen molar-refractivity contribution in [2.24, 2.45) is 5.92 Å². The summed E-state index contributed by atoms with van der Waals surface area (Å²) in [7, 11) is 0. The topological polar surface area (TPSA) is 75.6 Å². The van der Waals surface area contributed by atoms with E-state index in [2.05, 4.69) is 21.2 Å². The number of aliphatic hydroxyl groups is 1. The van der Waals surface area contributed by atoms with Crippen LogP contribution in [0.3, 0.4) is 0 Å². The molecule has 1 aliphatic rings. The van der Waals surface area contributed by atoms with Gasteiger partial charge in [0.15, 0.2) is 17.6 Å². The van der Waals surface area contributed by atoms with Crippen LogP contribution in [0.4, 0.5) is 0 Å². The van der Waals surface area contributed by atoms with Gasteiger partial charge in [-0.1, -0.05) is 62.3 Å². The Labute approximate surface area is 168 Å². The minimum absolute atomic E-state index is 0.201. The molecule has 2 N–H and O–H groups in total. The number of hydrogen-bond donors (Lipinski definition) is 2. The molecule has 0 saturated heterocycles. The Balaban J connectivity index is 2.96. The third-order valence-corrected chi connectivity index (χ3v) is 4.68. The van der Waals surface area contributed by atoms with Crippen molar-refractivity contribution >= 4 is 74.0 Å². The molecule has 24 heavy (non-hydrogen) atoms. The minimum atomic E-state index is -2.03. The van der Waals surface area contributed by atoms with Crippen molar-refractivity contribution in [3.05, 3.63) is 23.3 Å². The summed E-state index contributed by atoms with van der Waals surface area (Å²) in [6, 6.07) is 0. The number of carbonyl (C=O) groups is 2. The third-order valence-electron chi connectivity index (χ3n) is 3.28. The van der Waals surface area contributed by atoms with Crippen molar-refractivity contribution in [2.75, 3.05) is 11.9 Å². The minimum Gasteiger partial charge on any atom is -0.377 e. The van der Waals surface area contributed by atoms with E-state index in [-0.39, 0.29) is 11.6 Å². The lowest BCUT2D eigenvalue weighted by atomic mass is 9.80. The molecule has 3 atom stereocenters. The molecule has 1 amide bonds. The van der Waals surface area contributed by atoms with Gasteiger partial charge in [-0.05, 0) is 31.6 Å². The van der Waals surface area contributed by atoms with Crippen LogP contribution in [0, 0.1) is 5.92 Å². The van der Waals surface area contributed by atoms with Crippen molar-refractivity contribution in [3.63, 3.8) is 0 Å². The maximum absolute atomic E-state index is 12.5. The molecule has 0 heterocycles. The molecule has 1 rings (SSSR count). The number of alkyl halides is 4. The van der Waals surface area contributed by atoms with Crippen LogP contribution in [0.2, 0.25) is 0 Å². The van der Waals surface area contributed by atoms with Gasteiger partial charge in [0.05, 0.1) is 12.5 Å². The van der Waals surface area contributed by atoms with Crippen LogP contribution in [0.5, 0.6) is 0 Å². The Morgan fingerprint density at radius 3 is 2.62 bits per heavy atom. The molecule has 10 heteroatoms. The number of nitrogens with one attached hydrogen (secondary N) is 1. The van der Waals surface area contributed by atoms with E-state index in [1.165, 1.54) is 12.2 Å². The summed E-state index contributed by atoms with van der Waals surface area (Å²) >= 11 is 26.6. The first-order valence-corrected chi connectivity index (χ1v) is 9.50. The fraction of sp³-hybridized carbons (Fsp3) is 0.571. The average Bonchev–Trinajstić information content (AvgIpc) is 2.47. The molecule has 0 aromatic heterocycles. The molecule has 0 radical (unpaired) electrons. The summed E-state index contributed by atoms with van der Waals surface area (Å²) in [5.74, 6) is -2.66. The standard InChI is InChI=1S/C14H16BrCl4NO4/c1-8(21)13(23)4-3-9(16)7-10(13)11(22)20-12(14(17,18)19)24-6-2-5-15/h3-4,7,10,12,23H,2,5-6H2,1H3,(H,20,22). The van der Waals surface area contributed by atoms with Crippen LogP contribution >= 0.6 is 62.3 Å². The van der Waals surface area contributed by atoms with Crippen molar-refractivity contribution in [3.8, 4) is 0 Å². The molecule has 0 saturated carbocycles. The van der Waals surface area contributed by atoms with Gasteiger partial charge in [-0.2, -0.15) is 0 Å². The molecule has 0 bridgehead atoms. The molecule has 3 unspecified atom stereocenters. The van der Waals surface area contributed by atoms with E-state index in [4.69, 9.17) is 51.1 Å². The van der Waals surface area contributed by atoms with Gasteiger partial charge in [-0.25, -0.2) is 0 Å². The zero-order chi connectivity index (χ0) is 18.5. The average molecular weight is 484 g/mol. The van der Waals surface area contributed by atoms with Gasteiger partial charge < -0.3 is 15.2 Å². The maximum Gasteiger partial charge on any atom is 0.234 e. The van der Waals surface area contributed by atoms with Gasteiger partial charge in [0.2, 0.25) is 9.70 Å². The number of Topliss-reactive ketones (excluding diaryl/α,β-unsaturated/α-hetero) is 1. The van der Waals surface area contributed by atoms with E-state index in [9.17, 15) is 14.7 Å². The largest absolute Gasteiger partial charge is 0.377 e. The normalized spacial score (nSPS) is 25.1. The van der Waals surface area contributed by atoms with Gasteiger partial charge >= 0.3 is 0 Å². The highest BCUT2D eigenvalue weighted by Gasteiger charge is 2.46. The number of carbonyl (C=O) groups excluding carboxylic acids is 2. The maximum atomic E-state index is 12.5. The molecule has 0 aromatic rings. The number of amides is 1. The lowest BCUT2D eigenvalue weighted by Crippen LogP contribution is -2.55. The highest BCUT2D eigenvalue weighted by atomic mass is 79.9. The summed E-state index contributed by atoms with van der Waals surface area (Å²) < 4.78 is 3.43. The molecule has 1 aliphatic carbocycles. The molecular formula is C14H16BrCl4NO4. The first kappa shape index (κ1) is 22.2. The summed E-state index contributed by atoms with van der Waals surface area (Å²) in [5.41, 5.74) is -2.03. The van der Waals surface area contributed by atoms with E-state index in [1.807, 2.05) is 0 Å². The predicted octanol–water partition coefficient (Wildman–Crippen LogP) is 3.23. The first-order valence-electron chi connectivity index (χ1n) is 6.87. The van der Waals surface area contributed by atoms with Crippen LogP contribution in [0.25, 0.3) is 0 Å². The van der Waals surface area contributed by atoms with Crippen LogP contribution in [0.1, 0.15) is 13.3 Å². The van der Waals surface area contributed by atoms with E-state index in [0.717, 1.165) is 13.0 Å². The Bertz CT molecular complexity index is 549. The quantitative estimate of drug-likeness (QED) is 0.331. The fourth-order valence-electron chi connectivity index (χ4n) is 1.96. The number of ether oxygens (including phenoxy) is 1. The second-order valence-corrected chi connectivity index (χ2v) is 8.69. The molecular weight excluding hydrogens is 468 g/mol. The highest BCUT2D eigenvalue weighted by Crippen LogP contribution is 2.33. The Morgan fingerprint density at radius 2 is 2.12 bits per heavy atom. The van der Waals surface area contributed by atoms with Crippen molar-refractivity contribution in [2.45, 2.75) is 29.0 Å². The summed E-state index contributed by atoms with van der Waals surface area (Å²) in [6.45, 7) is 1.39. The van der Waals surface area contributed by atoms with Crippen LogP contribution in [-0.4, -0.2) is 44.4 Å². The highest BCUT2D eigenvalue weighted by molar-refractivity contribution is 9.09. The second-order valence-electron chi connectivity index (χ2n) is 5.09. The lowest BCUT2D eigenvalue weighted by Gasteiger charge is -2.33. The van der Waals surface area contributed by atoms with Gasteiger partial charge in [0.25, 0.3) is 0 Å². The van der Waals surface area contributed by atoms with E-state index in [0.29, 0.717) is 11.8 Å². The summed E-state index contributed by atoms with van der Waals surface area (Å²) in [5, 5.41) is 13.7. The zero-order valence-corrected chi connectivity index (χ0v) is 17.2. The lowest BCUT2D eigenvalue weighted by molar-refractivity contribution is -0.144. The number of allylic oxidation sites excluding steroid dienone is 2. The molecule has 0 aliphatic heterocycles. The zero-order valence-electron chi connectivity index (χ0n) is 12.6. The second kappa shape index (κ2) is 9.21. The van der Waals surface area contributed by atoms with Crippen molar-refractivity contribution in [1.29, 1.82) is 0 Å². The number of halogens is 5. The number of rotatable bonds is 7. The van der Waals surface area contributed by atoms with Crippen molar-refractivity contribution < 1.29 is 19.4 Å². The van der Waals surface area contributed by atoms with Gasteiger partial charge in [0.1, 0.15) is 0 Å². The Kier molecular flexibility index (Phi) is 8.53. The van der Waals surface area contributed by atoms with Gasteiger partial charge in [-0.3, -0.25) is 9.59 Å². The van der Waals surface area contributed by atoms with E-state index < -0.39 is 33.2 Å². The summed E-state index contributed by atoms with van der Waals surface area (Å²) in [4.78, 5) is 24.3. The van der Waals surface area contributed by atoms with Gasteiger partial charge in [0, 0.05) is 10.4 Å². The molecule has 136 valence electrons. The Hall–Kier alpha value is 0.180. The Morgan fingerprint density at radius 1 is 1.50 bits per heavy atom. The molecule has 5 nitrogen and oxygen atoms in total. The number of hydrogen-bond acceptors (Lipinski definition) is 4. The molecule has 0 aromatic carbocycles. The summed E-state index contributed by atoms with van der Waals surface area (Å²) in [6.07, 6.45) is 3.13. The SMILES string of the molecule is CC(=O)C1(O)C=CC(Cl)=CC1C(=O)NC(OCCCBr)C(Cl)(Cl)Cl. The first-order chi connectivity index (χ1) is 11.0. The van der Waals surface area contributed by atoms with Gasteiger partial charge in [-0.15, -0.1) is 0 Å². The molecule has 0 fully saturated rings. The van der Waals surface area contributed by atoms with Crippen LogP contribution in [0.15, 0.2) is 23.3 Å². The van der Waals surface area contributed by atoms with Crippen LogP contribution in [-0.2, 0) is 14.3 Å². The fourth-order valence-corrected chi connectivity index (χ4v) is 2.73. The third kappa shape index (κ3) is 5.87. The predicted molar refractivity (Wildman–Crippen MR) is 98.8 cm³/mol. The van der Waals surface area contributed by atoms with E-state index >= 15 is 0 Å². The number of ketones is 1. The van der Waals surface area contributed by atoms with Crippen molar-refractivity contribution in [1.82, 2.24) is 5.32 Å². The molecule has 0 spiro atoms.